The van der Waals surface area contributed by atoms with Gasteiger partial charge in [-0.2, -0.15) is 0 Å². The minimum atomic E-state index is 0.379. The Balaban J connectivity index is 1.89. The Morgan fingerprint density at radius 3 is 2.71 bits per heavy atom. The second-order valence-electron chi connectivity index (χ2n) is 4.89. The van der Waals surface area contributed by atoms with Crippen molar-refractivity contribution in [3.63, 3.8) is 0 Å². The van der Waals surface area contributed by atoms with Gasteiger partial charge < -0.3 is 4.90 Å². The van der Waals surface area contributed by atoms with E-state index in [4.69, 9.17) is 0 Å². The van der Waals surface area contributed by atoms with Crippen LogP contribution in [0, 0.1) is 11.3 Å². The van der Waals surface area contributed by atoms with E-state index >= 15 is 0 Å². The first-order valence-corrected chi connectivity index (χ1v) is 6.65. The summed E-state index contributed by atoms with van der Waals surface area (Å²) >= 11 is 3.55. The molecule has 2 rings (SSSR count). The fraction of sp³-hybridized carbons (Fsp3) is 0.909. The first kappa shape index (κ1) is 10.5. The zero-order valence-corrected chi connectivity index (χ0v) is 10.3. The Labute approximate surface area is 94.2 Å². The van der Waals surface area contributed by atoms with Gasteiger partial charge in [-0.15, -0.1) is 0 Å². The smallest absolute Gasteiger partial charge is 0.222 e. The van der Waals surface area contributed by atoms with Crippen molar-refractivity contribution in [1.82, 2.24) is 4.90 Å². The van der Waals surface area contributed by atoms with Crippen molar-refractivity contribution in [2.45, 2.75) is 32.6 Å². The second kappa shape index (κ2) is 3.84. The van der Waals surface area contributed by atoms with Crippen molar-refractivity contribution < 1.29 is 4.79 Å². The molecular weight excluding hydrogens is 242 g/mol. The lowest BCUT2D eigenvalue weighted by Gasteiger charge is -2.22. The molecule has 0 aromatic heterocycles. The number of alkyl halides is 1. The number of nitrogens with zero attached hydrogens (tertiary/aromatic N) is 1. The minimum Gasteiger partial charge on any atom is -0.342 e. The summed E-state index contributed by atoms with van der Waals surface area (Å²) in [6.07, 6.45) is 4.51. The third-order valence-electron chi connectivity index (χ3n) is 3.64. The summed E-state index contributed by atoms with van der Waals surface area (Å²) in [5.41, 5.74) is 0.443. The van der Waals surface area contributed by atoms with E-state index in [-0.39, 0.29) is 0 Å². The Bertz CT molecular complexity index is 237. The van der Waals surface area contributed by atoms with Gasteiger partial charge in [-0.3, -0.25) is 4.79 Å². The molecule has 0 N–H and O–H groups in total. The average molecular weight is 260 g/mol. The molecule has 1 saturated carbocycles. The number of rotatable bonds is 4. The molecule has 1 heterocycles. The zero-order chi connectivity index (χ0) is 10.2. The third-order valence-corrected chi connectivity index (χ3v) is 4.83. The maximum Gasteiger partial charge on any atom is 0.222 e. The highest BCUT2D eigenvalue weighted by Crippen LogP contribution is 2.48. The molecule has 2 nitrogen and oxygen atoms in total. The molecule has 2 fully saturated rings. The van der Waals surface area contributed by atoms with Crippen LogP contribution >= 0.6 is 15.9 Å². The van der Waals surface area contributed by atoms with Gasteiger partial charge in [0.25, 0.3) is 0 Å². The van der Waals surface area contributed by atoms with Gasteiger partial charge in [0, 0.05) is 24.8 Å². The molecule has 1 amide bonds. The third kappa shape index (κ3) is 1.97. The van der Waals surface area contributed by atoms with E-state index in [1.54, 1.807) is 0 Å². The van der Waals surface area contributed by atoms with Crippen LogP contribution in [-0.2, 0) is 4.79 Å². The van der Waals surface area contributed by atoms with Gasteiger partial charge >= 0.3 is 0 Å². The summed E-state index contributed by atoms with van der Waals surface area (Å²) in [5.74, 6) is 0.998. The van der Waals surface area contributed by atoms with Gasteiger partial charge in [-0.05, 0) is 24.2 Å². The monoisotopic (exact) mass is 259 g/mol. The Morgan fingerprint density at radius 2 is 2.29 bits per heavy atom. The number of amides is 1. The molecule has 0 bridgehead atoms. The molecule has 0 aromatic carbocycles. The molecule has 1 unspecified atom stereocenters. The number of likely N-dealkylation sites (tertiary alicyclic amines) is 1. The van der Waals surface area contributed by atoms with Crippen molar-refractivity contribution in [3.8, 4) is 0 Å². The minimum absolute atomic E-state index is 0.379. The quantitative estimate of drug-likeness (QED) is 0.711. The number of carbonyl (C=O) groups excluding carboxylic acids is 1. The number of hydrogen-bond donors (Lipinski definition) is 0. The van der Waals surface area contributed by atoms with Crippen LogP contribution in [-0.4, -0.2) is 29.2 Å². The normalized spacial score (nSPS) is 29.7. The highest BCUT2D eigenvalue weighted by Gasteiger charge is 2.45. The molecule has 0 radical (unpaired) electrons. The van der Waals surface area contributed by atoms with Gasteiger partial charge in [0.2, 0.25) is 5.91 Å². The highest BCUT2D eigenvalue weighted by atomic mass is 79.9. The largest absolute Gasteiger partial charge is 0.342 e. The fourth-order valence-corrected chi connectivity index (χ4v) is 2.93. The average Bonchev–Trinajstić information content (AvgIpc) is 2.87. The van der Waals surface area contributed by atoms with Gasteiger partial charge in [-0.1, -0.05) is 29.3 Å². The lowest BCUT2D eigenvalue weighted by Crippen LogP contribution is -2.32. The maximum absolute atomic E-state index is 11.7. The van der Waals surface area contributed by atoms with Crippen LogP contribution in [0.1, 0.15) is 32.6 Å². The first-order valence-electron chi connectivity index (χ1n) is 5.53. The molecule has 14 heavy (non-hydrogen) atoms. The number of hydrogen-bond acceptors (Lipinski definition) is 1. The van der Waals surface area contributed by atoms with E-state index in [0.717, 1.165) is 31.3 Å². The standard InChI is InChI=1S/C11H18BrNO/c1-2-9-5-10(14)13(6-9)8-11(7-12)3-4-11/h9H,2-8H2,1H3. The molecule has 1 saturated heterocycles. The SMILES string of the molecule is CCC1CC(=O)N(CC2(CBr)CC2)C1. The Morgan fingerprint density at radius 1 is 1.57 bits per heavy atom. The molecule has 1 atom stereocenters. The second-order valence-corrected chi connectivity index (χ2v) is 5.45. The molecule has 80 valence electrons. The molecule has 1 aliphatic carbocycles. The van der Waals surface area contributed by atoms with Gasteiger partial charge in [0.05, 0.1) is 0 Å². The molecular formula is C11H18BrNO. The number of carbonyl (C=O) groups is 1. The summed E-state index contributed by atoms with van der Waals surface area (Å²) in [7, 11) is 0. The van der Waals surface area contributed by atoms with Crippen molar-refractivity contribution in [2.24, 2.45) is 11.3 Å². The predicted octanol–water partition coefficient (Wildman–Crippen LogP) is 2.42. The van der Waals surface area contributed by atoms with Gasteiger partial charge in [-0.25, -0.2) is 0 Å². The topological polar surface area (TPSA) is 20.3 Å². The van der Waals surface area contributed by atoms with Crippen molar-refractivity contribution in [1.29, 1.82) is 0 Å². The lowest BCUT2D eigenvalue weighted by molar-refractivity contribution is -0.128. The highest BCUT2D eigenvalue weighted by molar-refractivity contribution is 9.09. The van der Waals surface area contributed by atoms with Gasteiger partial charge in [0.15, 0.2) is 0 Å². The van der Waals surface area contributed by atoms with Crippen molar-refractivity contribution in [2.75, 3.05) is 18.4 Å². The van der Waals surface area contributed by atoms with E-state index in [0.29, 0.717) is 17.2 Å². The van der Waals surface area contributed by atoms with E-state index < -0.39 is 0 Å². The number of halogens is 1. The predicted molar refractivity (Wildman–Crippen MR) is 60.4 cm³/mol. The zero-order valence-electron chi connectivity index (χ0n) is 8.76. The van der Waals surface area contributed by atoms with Crippen LogP contribution < -0.4 is 0 Å². The maximum atomic E-state index is 11.7. The van der Waals surface area contributed by atoms with Crippen LogP contribution in [0.25, 0.3) is 0 Å². The summed E-state index contributed by atoms with van der Waals surface area (Å²) < 4.78 is 0. The summed E-state index contributed by atoms with van der Waals surface area (Å²) in [4.78, 5) is 13.8. The fourth-order valence-electron chi connectivity index (χ4n) is 2.20. The summed E-state index contributed by atoms with van der Waals surface area (Å²) in [6.45, 7) is 4.18. The summed E-state index contributed by atoms with van der Waals surface area (Å²) in [6, 6.07) is 0. The lowest BCUT2D eigenvalue weighted by atomic mass is 10.1. The van der Waals surface area contributed by atoms with Crippen LogP contribution in [0.2, 0.25) is 0 Å². The molecule has 1 aliphatic heterocycles. The van der Waals surface area contributed by atoms with Crippen LogP contribution in [0.3, 0.4) is 0 Å². The van der Waals surface area contributed by atoms with Crippen LogP contribution in [0.4, 0.5) is 0 Å². The van der Waals surface area contributed by atoms with Crippen molar-refractivity contribution in [3.05, 3.63) is 0 Å². The van der Waals surface area contributed by atoms with E-state index in [2.05, 4.69) is 27.8 Å². The Hall–Kier alpha value is -0.0500. The Kier molecular flexibility index (Phi) is 2.87. The van der Waals surface area contributed by atoms with E-state index in [1.807, 2.05) is 0 Å². The summed E-state index contributed by atoms with van der Waals surface area (Å²) in [5, 5.41) is 1.06. The first-order chi connectivity index (χ1) is 6.69. The molecule has 0 spiro atoms. The van der Waals surface area contributed by atoms with Gasteiger partial charge in [0.1, 0.15) is 0 Å². The van der Waals surface area contributed by atoms with Crippen molar-refractivity contribution >= 4 is 21.8 Å². The van der Waals surface area contributed by atoms with E-state index in [9.17, 15) is 4.79 Å². The van der Waals surface area contributed by atoms with Crippen LogP contribution in [0.15, 0.2) is 0 Å². The molecule has 0 aromatic rings. The molecule has 3 heteroatoms. The van der Waals surface area contributed by atoms with E-state index in [1.165, 1.54) is 12.8 Å². The molecule has 2 aliphatic rings. The van der Waals surface area contributed by atoms with Crippen LogP contribution in [0.5, 0.6) is 0 Å².